The molecule has 0 aliphatic heterocycles. The predicted octanol–water partition coefficient (Wildman–Crippen LogP) is 2.23. The highest BCUT2D eigenvalue weighted by Crippen LogP contribution is 2.11. The molecule has 0 saturated carbocycles. The Morgan fingerprint density at radius 2 is 1.82 bits per heavy atom. The van der Waals surface area contributed by atoms with Gasteiger partial charge in [0.25, 0.3) is 0 Å². The second-order valence-electron chi connectivity index (χ2n) is 5.40. The molecule has 0 radical (unpaired) electrons. The first-order valence-corrected chi connectivity index (χ1v) is 8.17. The van der Waals surface area contributed by atoms with Crippen molar-refractivity contribution in [2.45, 2.75) is 20.4 Å². The van der Waals surface area contributed by atoms with Crippen LogP contribution in [0.1, 0.15) is 19.4 Å². The minimum Gasteiger partial charge on any atom is -0.354 e. The van der Waals surface area contributed by atoms with Crippen LogP contribution >= 0.6 is 15.9 Å². The number of rotatable bonds is 6. The van der Waals surface area contributed by atoms with Crippen molar-refractivity contribution >= 4 is 27.8 Å². The van der Waals surface area contributed by atoms with E-state index in [4.69, 9.17) is 0 Å². The molecule has 2 N–H and O–H groups in total. The molecule has 1 rings (SSSR count). The van der Waals surface area contributed by atoms with Gasteiger partial charge in [-0.2, -0.15) is 0 Å². The molecule has 1 aromatic rings. The van der Waals surface area contributed by atoms with Gasteiger partial charge in [0.2, 0.25) is 5.91 Å². The maximum Gasteiger partial charge on any atom is 0.222 e. The van der Waals surface area contributed by atoms with Crippen molar-refractivity contribution in [3.63, 3.8) is 0 Å². The molecule has 0 bridgehead atoms. The van der Waals surface area contributed by atoms with Crippen molar-refractivity contribution in [2.24, 2.45) is 10.9 Å². The fourth-order valence-corrected chi connectivity index (χ4v) is 2.15. The molecule has 1 amide bonds. The summed E-state index contributed by atoms with van der Waals surface area (Å²) in [6.07, 6.45) is 0. The van der Waals surface area contributed by atoms with Crippen molar-refractivity contribution < 1.29 is 4.79 Å². The van der Waals surface area contributed by atoms with E-state index < -0.39 is 0 Å². The first-order chi connectivity index (χ1) is 10.4. The van der Waals surface area contributed by atoms with E-state index in [1.165, 1.54) is 5.56 Å². The van der Waals surface area contributed by atoms with E-state index in [-0.39, 0.29) is 11.8 Å². The molecule has 0 aromatic heterocycles. The third kappa shape index (κ3) is 6.47. The lowest BCUT2D eigenvalue weighted by Gasteiger charge is -2.22. The highest BCUT2D eigenvalue weighted by atomic mass is 79.9. The second-order valence-corrected chi connectivity index (χ2v) is 6.32. The van der Waals surface area contributed by atoms with Crippen LogP contribution in [0.5, 0.6) is 0 Å². The van der Waals surface area contributed by atoms with Gasteiger partial charge in [-0.1, -0.05) is 41.9 Å². The molecule has 0 spiro atoms. The van der Waals surface area contributed by atoms with Crippen LogP contribution in [-0.4, -0.2) is 44.0 Å². The number of carbonyl (C=O) groups is 1. The van der Waals surface area contributed by atoms with Crippen LogP contribution in [0.3, 0.4) is 0 Å². The van der Waals surface area contributed by atoms with Crippen LogP contribution < -0.4 is 10.6 Å². The molecule has 0 saturated heterocycles. The zero-order chi connectivity index (χ0) is 16.5. The Hall–Kier alpha value is -1.56. The van der Waals surface area contributed by atoms with Gasteiger partial charge in [-0.3, -0.25) is 9.79 Å². The zero-order valence-electron chi connectivity index (χ0n) is 13.7. The minimum absolute atomic E-state index is 0.0133. The summed E-state index contributed by atoms with van der Waals surface area (Å²) in [5, 5.41) is 6.12. The highest BCUT2D eigenvalue weighted by molar-refractivity contribution is 9.10. The normalized spacial score (nSPS) is 11.5. The SMILES string of the molecule is CN=C(NCCNC(=O)C(C)C)N(C)Cc1ccc(Br)cc1. The quantitative estimate of drug-likeness (QED) is 0.459. The van der Waals surface area contributed by atoms with E-state index in [0.29, 0.717) is 13.1 Å². The lowest BCUT2D eigenvalue weighted by molar-refractivity contribution is -0.123. The molecule has 6 heteroatoms. The van der Waals surface area contributed by atoms with Crippen molar-refractivity contribution in [1.82, 2.24) is 15.5 Å². The highest BCUT2D eigenvalue weighted by Gasteiger charge is 2.08. The summed E-state index contributed by atoms with van der Waals surface area (Å²) in [6, 6.07) is 8.22. The van der Waals surface area contributed by atoms with Crippen LogP contribution in [0.2, 0.25) is 0 Å². The third-order valence-electron chi connectivity index (χ3n) is 3.14. The average Bonchev–Trinajstić information content (AvgIpc) is 2.49. The van der Waals surface area contributed by atoms with Gasteiger partial charge in [-0.05, 0) is 17.7 Å². The number of carbonyl (C=O) groups excluding carboxylic acids is 1. The largest absolute Gasteiger partial charge is 0.354 e. The Labute approximate surface area is 141 Å². The molecule has 0 unspecified atom stereocenters. The fraction of sp³-hybridized carbons (Fsp3) is 0.500. The van der Waals surface area contributed by atoms with Crippen molar-refractivity contribution in [3.05, 3.63) is 34.3 Å². The van der Waals surface area contributed by atoms with Crippen LogP contribution in [0.4, 0.5) is 0 Å². The van der Waals surface area contributed by atoms with Crippen LogP contribution in [0.15, 0.2) is 33.7 Å². The summed E-state index contributed by atoms with van der Waals surface area (Å²) in [5.41, 5.74) is 1.21. The minimum atomic E-state index is 0.0133. The lowest BCUT2D eigenvalue weighted by Crippen LogP contribution is -2.42. The predicted molar refractivity (Wildman–Crippen MR) is 94.8 cm³/mol. The van der Waals surface area contributed by atoms with Crippen LogP contribution in [-0.2, 0) is 11.3 Å². The topological polar surface area (TPSA) is 56.7 Å². The number of halogens is 1. The molecule has 0 atom stereocenters. The fourth-order valence-electron chi connectivity index (χ4n) is 1.89. The van der Waals surface area contributed by atoms with E-state index in [1.54, 1.807) is 7.05 Å². The second kappa shape index (κ2) is 9.46. The number of amides is 1. The molecule has 1 aromatic carbocycles. The van der Waals surface area contributed by atoms with Crippen LogP contribution in [0.25, 0.3) is 0 Å². The van der Waals surface area contributed by atoms with E-state index in [0.717, 1.165) is 17.0 Å². The number of benzene rings is 1. The molecule has 0 fully saturated rings. The Kier molecular flexibility index (Phi) is 7.95. The van der Waals surface area contributed by atoms with E-state index in [2.05, 4.69) is 43.7 Å². The van der Waals surface area contributed by atoms with E-state index >= 15 is 0 Å². The first-order valence-electron chi connectivity index (χ1n) is 7.38. The van der Waals surface area contributed by atoms with Gasteiger partial charge in [0, 0.05) is 44.1 Å². The molecular weight excluding hydrogens is 344 g/mol. The van der Waals surface area contributed by atoms with Gasteiger partial charge in [-0.25, -0.2) is 0 Å². The monoisotopic (exact) mass is 368 g/mol. The van der Waals surface area contributed by atoms with Gasteiger partial charge in [-0.15, -0.1) is 0 Å². The Morgan fingerprint density at radius 1 is 1.23 bits per heavy atom. The molecule has 0 aliphatic rings. The molecular formula is C16H25BrN4O. The summed E-state index contributed by atoms with van der Waals surface area (Å²) in [7, 11) is 3.75. The van der Waals surface area contributed by atoms with Crippen molar-refractivity contribution in [3.8, 4) is 0 Å². The number of nitrogens with zero attached hydrogens (tertiary/aromatic N) is 2. The molecule has 0 aliphatic carbocycles. The number of nitrogens with one attached hydrogen (secondary N) is 2. The van der Waals surface area contributed by atoms with Gasteiger partial charge >= 0.3 is 0 Å². The number of hydrogen-bond acceptors (Lipinski definition) is 2. The number of guanidine groups is 1. The molecule has 5 nitrogen and oxygen atoms in total. The Bertz CT molecular complexity index is 499. The Morgan fingerprint density at radius 3 is 2.36 bits per heavy atom. The van der Waals surface area contributed by atoms with E-state index in [9.17, 15) is 4.79 Å². The molecule has 0 heterocycles. The average molecular weight is 369 g/mol. The summed E-state index contributed by atoms with van der Waals surface area (Å²) in [6.45, 7) is 5.77. The Balaban J connectivity index is 2.40. The van der Waals surface area contributed by atoms with Gasteiger partial charge in [0.1, 0.15) is 0 Å². The maximum atomic E-state index is 11.5. The zero-order valence-corrected chi connectivity index (χ0v) is 15.3. The smallest absolute Gasteiger partial charge is 0.222 e. The standard InChI is InChI=1S/C16H25BrN4O/c1-12(2)15(22)19-9-10-20-16(18-3)21(4)11-13-5-7-14(17)8-6-13/h5-8,12H,9-11H2,1-4H3,(H,18,20)(H,19,22). The molecule has 22 heavy (non-hydrogen) atoms. The van der Waals surface area contributed by atoms with Gasteiger partial charge in [0.05, 0.1) is 0 Å². The summed E-state index contributed by atoms with van der Waals surface area (Å²) >= 11 is 3.43. The summed E-state index contributed by atoms with van der Waals surface area (Å²) < 4.78 is 1.07. The number of aliphatic imine (C=N–C) groups is 1. The first kappa shape index (κ1) is 18.5. The molecule has 122 valence electrons. The van der Waals surface area contributed by atoms with Crippen molar-refractivity contribution in [1.29, 1.82) is 0 Å². The van der Waals surface area contributed by atoms with E-state index in [1.807, 2.05) is 37.9 Å². The summed E-state index contributed by atoms with van der Waals surface area (Å²) in [5.74, 6) is 0.890. The van der Waals surface area contributed by atoms with Crippen molar-refractivity contribution in [2.75, 3.05) is 27.2 Å². The number of hydrogen-bond donors (Lipinski definition) is 2. The maximum absolute atomic E-state index is 11.5. The third-order valence-corrected chi connectivity index (χ3v) is 3.67. The lowest BCUT2D eigenvalue weighted by atomic mass is 10.2. The van der Waals surface area contributed by atoms with Gasteiger partial charge < -0.3 is 15.5 Å². The van der Waals surface area contributed by atoms with Gasteiger partial charge in [0.15, 0.2) is 5.96 Å². The van der Waals surface area contributed by atoms with Crippen LogP contribution in [0, 0.1) is 5.92 Å². The summed E-state index contributed by atoms with van der Waals surface area (Å²) in [4.78, 5) is 17.8.